The molecule has 0 heterocycles. The maximum atomic E-state index is 8.25. The van der Waals surface area contributed by atoms with Gasteiger partial charge in [0.15, 0.2) is 0 Å². The van der Waals surface area contributed by atoms with Crippen LogP contribution in [0.25, 0.3) is 0 Å². The topological polar surface area (TPSA) is 118 Å². The predicted octanol–water partition coefficient (Wildman–Crippen LogP) is -0.0644. The fourth-order valence-electron chi connectivity index (χ4n) is 0. The molecular weight excluding hydrogens is 197 g/mol. The van der Waals surface area contributed by atoms with Gasteiger partial charge in [0.2, 0.25) is 0 Å². The molecule has 0 aliphatic rings. The molecule has 0 unspecified atom stereocenters. The molecule has 0 spiro atoms. The summed E-state index contributed by atoms with van der Waals surface area (Å²) >= 11 is 0. The van der Waals surface area contributed by atoms with Crippen LogP contribution in [0.15, 0.2) is 25.6 Å². The quantitative estimate of drug-likeness (QED) is 0.425. The van der Waals surface area contributed by atoms with Gasteiger partial charge >= 0.3 is 0 Å². The first kappa shape index (κ1) is 22.6. The third-order valence-corrected chi connectivity index (χ3v) is 0. The zero-order valence-corrected chi connectivity index (χ0v) is 6.77. The van der Waals surface area contributed by atoms with E-state index in [0.29, 0.717) is 0 Å². The molecule has 0 atom stereocenters. The molecule has 7 heteroatoms. The summed E-state index contributed by atoms with van der Waals surface area (Å²) in [7, 11) is 0. The Labute approximate surface area is 74.9 Å². The number of hydrogen-bond donors (Lipinski definition) is 2. The van der Waals surface area contributed by atoms with Crippen molar-refractivity contribution in [3.8, 4) is 0 Å². The molecule has 0 aromatic carbocycles. The van der Waals surface area contributed by atoms with Crippen LogP contribution in [0.3, 0.4) is 0 Å². The van der Waals surface area contributed by atoms with Crippen molar-refractivity contribution >= 4 is 0 Å². The largest absolute Gasteiger partial charge is 0.405 e. The van der Waals surface area contributed by atoms with E-state index in [0.717, 1.165) is 0 Å². The number of nitrogens with zero attached hydrogens (tertiary/aromatic N) is 1. The van der Waals surface area contributed by atoms with Crippen LogP contribution >= 0.6 is 0 Å². The maximum absolute atomic E-state index is 8.25. The summed E-state index contributed by atoms with van der Waals surface area (Å²) in [6.45, 7) is 6.28. The molecular formula is C4H10CoN3O3-. The van der Waals surface area contributed by atoms with Crippen molar-refractivity contribution in [2.45, 2.75) is 0 Å². The summed E-state index contributed by atoms with van der Waals surface area (Å²) in [5.41, 5.74) is 9.22. The average molecular weight is 207 g/mol. The van der Waals surface area contributed by atoms with Gasteiger partial charge in [-0.25, -0.2) is 0 Å². The molecule has 69 valence electrons. The van der Waals surface area contributed by atoms with Crippen molar-refractivity contribution < 1.29 is 21.9 Å². The Kier molecular flexibility index (Phi) is 76.2. The summed E-state index contributed by atoms with van der Waals surface area (Å²) in [6.07, 6.45) is 2.50. The molecule has 0 aromatic heterocycles. The van der Waals surface area contributed by atoms with E-state index in [1.807, 2.05) is 0 Å². The summed E-state index contributed by atoms with van der Waals surface area (Å²) < 4.78 is 0. The molecule has 0 fully saturated rings. The van der Waals surface area contributed by atoms with E-state index in [1.165, 1.54) is 12.4 Å². The van der Waals surface area contributed by atoms with Gasteiger partial charge in [-0.05, 0) is 12.4 Å². The van der Waals surface area contributed by atoms with Gasteiger partial charge in [0, 0.05) is 16.8 Å². The zero-order valence-electron chi connectivity index (χ0n) is 5.73. The zero-order chi connectivity index (χ0) is 8.99. The molecule has 0 aliphatic carbocycles. The van der Waals surface area contributed by atoms with E-state index < -0.39 is 5.09 Å². The van der Waals surface area contributed by atoms with Gasteiger partial charge in [0.05, 0.1) is 5.09 Å². The van der Waals surface area contributed by atoms with Crippen molar-refractivity contribution in [2.24, 2.45) is 11.5 Å². The van der Waals surface area contributed by atoms with Crippen LogP contribution in [0.2, 0.25) is 0 Å². The minimum Gasteiger partial charge on any atom is -0.405 e. The second-order valence-electron chi connectivity index (χ2n) is 0.695. The molecule has 0 aromatic rings. The van der Waals surface area contributed by atoms with Gasteiger partial charge in [0.1, 0.15) is 0 Å². The van der Waals surface area contributed by atoms with Crippen LogP contribution in [-0.4, -0.2) is 5.09 Å². The fourth-order valence-corrected chi connectivity index (χ4v) is 0. The molecule has 0 bridgehead atoms. The van der Waals surface area contributed by atoms with E-state index >= 15 is 0 Å². The second kappa shape index (κ2) is 37.2. The summed E-state index contributed by atoms with van der Waals surface area (Å²) in [5, 5.41) is 14.8. The normalized spacial score (nSPS) is 4.36. The third-order valence-electron chi connectivity index (χ3n) is 0. The van der Waals surface area contributed by atoms with E-state index in [2.05, 4.69) is 24.6 Å². The average Bonchev–Trinajstić information content (AvgIpc) is 1.65. The fraction of sp³-hybridized carbons (Fsp3) is 0. The van der Waals surface area contributed by atoms with Gasteiger partial charge in [-0.3, -0.25) is 0 Å². The van der Waals surface area contributed by atoms with E-state index in [1.54, 1.807) is 0 Å². The minimum absolute atomic E-state index is 0. The van der Waals surface area contributed by atoms with Gasteiger partial charge in [0.25, 0.3) is 0 Å². The van der Waals surface area contributed by atoms with Crippen LogP contribution in [0.5, 0.6) is 0 Å². The van der Waals surface area contributed by atoms with Crippen LogP contribution in [0, 0.1) is 15.3 Å². The van der Waals surface area contributed by atoms with Crippen molar-refractivity contribution in [1.82, 2.24) is 0 Å². The van der Waals surface area contributed by atoms with Gasteiger partial charge < -0.3 is 26.8 Å². The van der Waals surface area contributed by atoms with Gasteiger partial charge in [-0.1, -0.05) is 13.2 Å². The predicted molar refractivity (Wildman–Crippen MR) is 39.1 cm³/mol. The number of nitrogens with two attached hydrogens (primary N) is 2. The van der Waals surface area contributed by atoms with E-state index in [-0.39, 0.29) is 16.8 Å². The number of hydrogen-bond acceptors (Lipinski definition) is 5. The van der Waals surface area contributed by atoms with Crippen molar-refractivity contribution in [3.05, 3.63) is 40.9 Å². The van der Waals surface area contributed by atoms with Crippen LogP contribution in [0.4, 0.5) is 0 Å². The monoisotopic (exact) mass is 207 g/mol. The first-order valence-electron chi connectivity index (χ1n) is 2.03. The van der Waals surface area contributed by atoms with E-state index in [9.17, 15) is 0 Å². The summed E-state index contributed by atoms with van der Waals surface area (Å²) in [4.78, 5) is 8.25. The van der Waals surface area contributed by atoms with E-state index in [4.69, 9.17) is 15.3 Å². The summed E-state index contributed by atoms with van der Waals surface area (Å²) in [5.74, 6) is 0. The van der Waals surface area contributed by atoms with Crippen molar-refractivity contribution in [1.29, 1.82) is 0 Å². The minimum atomic E-state index is -1.75. The maximum Gasteiger partial charge on any atom is 0.0689 e. The molecule has 0 saturated carbocycles. The van der Waals surface area contributed by atoms with Crippen LogP contribution in [0.1, 0.15) is 0 Å². The Morgan fingerprint density at radius 1 is 1.18 bits per heavy atom. The molecule has 0 amide bonds. The first-order chi connectivity index (χ1) is 4.56. The standard InChI is InChI=1S/2C2H5N.Co.NO3/c2*1-2-3;;2-1(3)4/h2*2H,1,3H2;;/q;;;-1. The first-order valence-corrected chi connectivity index (χ1v) is 2.03. The molecule has 11 heavy (non-hydrogen) atoms. The molecule has 0 saturated heterocycles. The molecule has 0 rings (SSSR count). The molecule has 4 N–H and O–H groups in total. The summed E-state index contributed by atoms with van der Waals surface area (Å²) in [6, 6.07) is 0. The second-order valence-corrected chi connectivity index (χ2v) is 0.695. The smallest absolute Gasteiger partial charge is 0.0689 e. The molecule has 1 radical (unpaired) electrons. The number of rotatable bonds is 0. The van der Waals surface area contributed by atoms with Crippen molar-refractivity contribution in [3.63, 3.8) is 0 Å². The van der Waals surface area contributed by atoms with Crippen LogP contribution in [-0.2, 0) is 16.8 Å². The Balaban J connectivity index is -0.0000000325. The van der Waals surface area contributed by atoms with Gasteiger partial charge in [-0.2, -0.15) is 0 Å². The van der Waals surface area contributed by atoms with Gasteiger partial charge in [-0.15, -0.1) is 0 Å². The van der Waals surface area contributed by atoms with Crippen molar-refractivity contribution in [2.75, 3.05) is 0 Å². The Morgan fingerprint density at radius 3 is 1.18 bits per heavy atom. The Morgan fingerprint density at radius 2 is 1.18 bits per heavy atom. The molecule has 0 aliphatic heterocycles. The molecule has 6 nitrogen and oxygen atoms in total. The van der Waals surface area contributed by atoms with Crippen LogP contribution < -0.4 is 11.5 Å². The third kappa shape index (κ3) is 275. The Hall–Kier alpha value is -1.21. The SMILES string of the molecule is C=CN.C=CN.O=[N+]([O-])[O-].[Co]. The Bertz CT molecular complexity index is 88.6.